The number of fused-ring (bicyclic) bond motifs is 1. The van der Waals surface area contributed by atoms with Gasteiger partial charge >= 0.3 is 0 Å². The SMILES string of the molecule is CC(Sc1nnc(-c2cccs2)n1C1CC1)C(=O)c1ccc2c(c1)CCC2. The van der Waals surface area contributed by atoms with Crippen LogP contribution in [-0.4, -0.2) is 25.8 Å². The van der Waals surface area contributed by atoms with Crippen LogP contribution in [0.3, 0.4) is 0 Å². The number of aromatic nitrogens is 3. The Labute approximate surface area is 167 Å². The summed E-state index contributed by atoms with van der Waals surface area (Å²) >= 11 is 3.22. The Morgan fingerprint density at radius 2 is 2.07 bits per heavy atom. The molecule has 1 atom stereocenters. The summed E-state index contributed by atoms with van der Waals surface area (Å²) in [5, 5.41) is 11.6. The molecule has 27 heavy (non-hydrogen) atoms. The van der Waals surface area contributed by atoms with Gasteiger partial charge in [-0.15, -0.1) is 21.5 Å². The monoisotopic (exact) mass is 395 g/mol. The number of benzene rings is 1. The predicted molar refractivity (Wildman–Crippen MR) is 110 cm³/mol. The van der Waals surface area contributed by atoms with Crippen molar-refractivity contribution < 1.29 is 4.79 Å². The summed E-state index contributed by atoms with van der Waals surface area (Å²) < 4.78 is 2.24. The Balaban J connectivity index is 1.39. The molecule has 2 aliphatic carbocycles. The molecule has 6 heteroatoms. The molecule has 2 aliphatic rings. The van der Waals surface area contributed by atoms with Gasteiger partial charge in [0, 0.05) is 11.6 Å². The van der Waals surface area contributed by atoms with E-state index in [0.717, 1.165) is 47.1 Å². The molecule has 3 aromatic rings. The Hall–Kier alpha value is -1.92. The van der Waals surface area contributed by atoms with Crippen molar-refractivity contribution >= 4 is 28.9 Å². The number of hydrogen-bond acceptors (Lipinski definition) is 5. The van der Waals surface area contributed by atoms with Crippen molar-refractivity contribution in [2.45, 2.75) is 55.5 Å². The van der Waals surface area contributed by atoms with Crippen LogP contribution in [0.5, 0.6) is 0 Å². The fraction of sp³-hybridized carbons (Fsp3) is 0.381. The van der Waals surface area contributed by atoms with Crippen molar-refractivity contribution in [3.8, 4) is 10.7 Å². The van der Waals surface area contributed by atoms with Gasteiger partial charge in [0.25, 0.3) is 0 Å². The van der Waals surface area contributed by atoms with Gasteiger partial charge in [0.15, 0.2) is 16.8 Å². The summed E-state index contributed by atoms with van der Waals surface area (Å²) in [5.74, 6) is 1.12. The first-order valence-electron chi connectivity index (χ1n) is 9.52. The molecule has 1 unspecified atom stereocenters. The van der Waals surface area contributed by atoms with Gasteiger partial charge in [-0.05, 0) is 67.7 Å². The minimum Gasteiger partial charge on any atom is -0.298 e. The smallest absolute Gasteiger partial charge is 0.192 e. The fourth-order valence-electron chi connectivity index (χ4n) is 3.76. The average Bonchev–Trinajstić information content (AvgIpc) is 3.09. The number of thiophene rings is 1. The van der Waals surface area contributed by atoms with Gasteiger partial charge in [0.1, 0.15) is 0 Å². The average molecular weight is 396 g/mol. The number of aryl methyl sites for hydroxylation is 2. The summed E-state index contributed by atoms with van der Waals surface area (Å²) in [6.07, 6.45) is 5.77. The van der Waals surface area contributed by atoms with E-state index in [1.54, 1.807) is 11.3 Å². The molecule has 0 aliphatic heterocycles. The largest absolute Gasteiger partial charge is 0.298 e. The quantitative estimate of drug-likeness (QED) is 0.425. The molecular formula is C21H21N3OS2. The van der Waals surface area contributed by atoms with Gasteiger partial charge in [-0.25, -0.2) is 0 Å². The minimum atomic E-state index is -0.178. The van der Waals surface area contributed by atoms with Crippen LogP contribution in [0.15, 0.2) is 40.9 Å². The van der Waals surface area contributed by atoms with E-state index in [1.165, 1.54) is 29.3 Å². The lowest BCUT2D eigenvalue weighted by Crippen LogP contribution is -2.15. The zero-order valence-corrected chi connectivity index (χ0v) is 16.9. The van der Waals surface area contributed by atoms with Gasteiger partial charge < -0.3 is 0 Å². The van der Waals surface area contributed by atoms with Crippen molar-refractivity contribution in [3.05, 3.63) is 52.4 Å². The summed E-state index contributed by atoms with van der Waals surface area (Å²) in [6.45, 7) is 1.98. The minimum absolute atomic E-state index is 0.178. The lowest BCUT2D eigenvalue weighted by atomic mass is 10.0. The molecule has 1 aromatic carbocycles. The third-order valence-electron chi connectivity index (χ3n) is 5.35. The van der Waals surface area contributed by atoms with Gasteiger partial charge in [-0.3, -0.25) is 9.36 Å². The molecule has 1 saturated carbocycles. The second kappa shape index (κ2) is 6.91. The lowest BCUT2D eigenvalue weighted by molar-refractivity contribution is 0.0993. The zero-order valence-electron chi connectivity index (χ0n) is 15.2. The number of Topliss-reactive ketones (excluding diaryl/α,β-unsaturated/α-hetero) is 1. The van der Waals surface area contributed by atoms with Crippen LogP contribution in [0.25, 0.3) is 10.7 Å². The molecular weight excluding hydrogens is 374 g/mol. The summed E-state index contributed by atoms with van der Waals surface area (Å²) in [7, 11) is 0. The molecule has 2 heterocycles. The summed E-state index contributed by atoms with van der Waals surface area (Å²) in [5.41, 5.74) is 3.58. The highest BCUT2D eigenvalue weighted by atomic mass is 32.2. The third-order valence-corrected chi connectivity index (χ3v) is 7.28. The molecule has 0 bridgehead atoms. The normalized spacial score (nSPS) is 17.1. The fourth-order valence-corrected chi connectivity index (χ4v) is 5.47. The molecule has 0 N–H and O–H groups in total. The number of thioether (sulfide) groups is 1. The number of nitrogens with zero attached hydrogens (tertiary/aromatic N) is 3. The number of ketones is 1. The van der Waals surface area contributed by atoms with Crippen molar-refractivity contribution in [2.75, 3.05) is 0 Å². The van der Waals surface area contributed by atoms with Crippen molar-refractivity contribution in [3.63, 3.8) is 0 Å². The van der Waals surface area contributed by atoms with E-state index in [0.29, 0.717) is 6.04 Å². The van der Waals surface area contributed by atoms with Crippen LogP contribution in [0.1, 0.15) is 53.7 Å². The summed E-state index contributed by atoms with van der Waals surface area (Å²) in [6, 6.07) is 10.8. The van der Waals surface area contributed by atoms with Crippen LogP contribution < -0.4 is 0 Å². The topological polar surface area (TPSA) is 47.8 Å². The van der Waals surface area contributed by atoms with Crippen LogP contribution >= 0.6 is 23.1 Å². The van der Waals surface area contributed by atoms with Crippen molar-refractivity contribution in [1.82, 2.24) is 14.8 Å². The Morgan fingerprint density at radius 1 is 1.22 bits per heavy atom. The maximum absolute atomic E-state index is 13.0. The number of carbonyl (C=O) groups excluding carboxylic acids is 1. The highest BCUT2D eigenvalue weighted by Gasteiger charge is 2.32. The molecule has 4 nitrogen and oxygen atoms in total. The highest BCUT2D eigenvalue weighted by molar-refractivity contribution is 8.00. The zero-order chi connectivity index (χ0) is 18.4. The maximum Gasteiger partial charge on any atom is 0.192 e. The van der Waals surface area contributed by atoms with Crippen molar-refractivity contribution in [1.29, 1.82) is 0 Å². The van der Waals surface area contributed by atoms with Crippen molar-refractivity contribution in [2.24, 2.45) is 0 Å². The Bertz CT molecular complexity index is 989. The molecule has 138 valence electrons. The molecule has 2 aromatic heterocycles. The van der Waals surface area contributed by atoms with E-state index in [4.69, 9.17) is 0 Å². The van der Waals surface area contributed by atoms with Gasteiger partial charge in [-0.2, -0.15) is 0 Å². The third kappa shape index (κ3) is 3.25. The van der Waals surface area contributed by atoms with Gasteiger partial charge in [0.2, 0.25) is 0 Å². The van der Waals surface area contributed by atoms with Gasteiger partial charge in [0.05, 0.1) is 10.1 Å². The van der Waals surface area contributed by atoms with E-state index in [-0.39, 0.29) is 11.0 Å². The molecule has 1 fully saturated rings. The van der Waals surface area contributed by atoms with Crippen LogP contribution in [0.2, 0.25) is 0 Å². The first-order chi connectivity index (χ1) is 13.2. The maximum atomic E-state index is 13.0. The number of carbonyl (C=O) groups is 1. The number of hydrogen-bond donors (Lipinski definition) is 0. The van der Waals surface area contributed by atoms with E-state index in [1.807, 2.05) is 19.1 Å². The Kier molecular flexibility index (Phi) is 4.40. The van der Waals surface area contributed by atoms with E-state index in [9.17, 15) is 4.79 Å². The lowest BCUT2D eigenvalue weighted by Gasteiger charge is -2.13. The first-order valence-corrected chi connectivity index (χ1v) is 11.3. The standard InChI is InChI=1S/C21H21N3OS2/c1-13(19(25)16-8-7-14-4-2-5-15(14)12-16)27-21-23-22-20(18-6-3-11-26-18)24(21)17-9-10-17/h3,6-8,11-13,17H,2,4-5,9-10H2,1H3. The van der Waals surface area contributed by atoms with E-state index < -0.39 is 0 Å². The molecule has 0 spiro atoms. The van der Waals surface area contributed by atoms with Gasteiger partial charge in [-0.1, -0.05) is 30.0 Å². The van der Waals surface area contributed by atoms with Crippen LogP contribution in [0.4, 0.5) is 0 Å². The second-order valence-corrected chi connectivity index (χ2v) is 9.60. The highest BCUT2D eigenvalue weighted by Crippen LogP contribution is 2.42. The van der Waals surface area contributed by atoms with Crippen LogP contribution in [0, 0.1) is 0 Å². The predicted octanol–water partition coefficient (Wildman–Crippen LogP) is 5.19. The molecule has 0 amide bonds. The summed E-state index contributed by atoms with van der Waals surface area (Å²) in [4.78, 5) is 14.1. The van der Waals surface area contributed by atoms with E-state index >= 15 is 0 Å². The Morgan fingerprint density at radius 3 is 2.85 bits per heavy atom. The van der Waals surface area contributed by atoms with Crippen LogP contribution in [-0.2, 0) is 12.8 Å². The first kappa shape index (κ1) is 17.2. The second-order valence-electron chi connectivity index (χ2n) is 7.35. The molecule has 5 rings (SSSR count). The number of rotatable bonds is 6. The molecule has 0 radical (unpaired) electrons. The van der Waals surface area contributed by atoms with E-state index in [2.05, 4.69) is 38.3 Å². The molecule has 0 saturated heterocycles.